The van der Waals surface area contributed by atoms with E-state index in [-0.39, 0.29) is 0 Å². The molecule has 0 N–H and O–H groups in total. The van der Waals surface area contributed by atoms with Crippen LogP contribution in [0, 0.1) is 0 Å². The van der Waals surface area contributed by atoms with Gasteiger partial charge in [-0.1, -0.05) is 84.9 Å². The lowest BCUT2D eigenvalue weighted by Gasteiger charge is -2.06. The smallest absolute Gasteiger partial charge is 0.162 e. The average molecular weight is 386 g/mol. The summed E-state index contributed by atoms with van der Waals surface area (Å²) < 4.78 is 0. The van der Waals surface area contributed by atoms with Crippen LogP contribution < -0.4 is 0 Å². The van der Waals surface area contributed by atoms with E-state index in [1.807, 2.05) is 60.9 Å². The molecule has 0 atom stereocenters. The van der Waals surface area contributed by atoms with Gasteiger partial charge in [0.15, 0.2) is 11.6 Å². The van der Waals surface area contributed by atoms with Crippen LogP contribution in [-0.4, -0.2) is 19.9 Å². The second kappa shape index (κ2) is 8.05. The van der Waals surface area contributed by atoms with Crippen molar-refractivity contribution in [2.24, 2.45) is 0 Å². The van der Waals surface area contributed by atoms with Gasteiger partial charge in [0, 0.05) is 35.9 Å². The summed E-state index contributed by atoms with van der Waals surface area (Å²) >= 11 is 0. The Kier molecular flexibility index (Phi) is 4.80. The third-order valence-electron chi connectivity index (χ3n) is 4.92. The molecule has 0 saturated carbocycles. The average Bonchev–Trinajstić information content (AvgIpc) is 2.85. The summed E-state index contributed by atoms with van der Waals surface area (Å²) in [5.41, 5.74) is 6.22. The zero-order valence-corrected chi connectivity index (χ0v) is 16.2. The van der Waals surface area contributed by atoms with Gasteiger partial charge in [-0.15, -0.1) is 0 Å². The number of hydrogen-bond donors (Lipinski definition) is 0. The molecule has 5 aromatic rings. The zero-order chi connectivity index (χ0) is 20.2. The largest absolute Gasteiger partial charge is 0.236 e. The van der Waals surface area contributed by atoms with Crippen molar-refractivity contribution < 1.29 is 0 Å². The summed E-state index contributed by atoms with van der Waals surface area (Å²) in [4.78, 5) is 17.9. The first-order chi connectivity index (χ1) is 14.9. The van der Waals surface area contributed by atoms with E-state index in [4.69, 9.17) is 0 Å². The molecule has 0 aliphatic rings. The monoisotopic (exact) mass is 386 g/mol. The van der Waals surface area contributed by atoms with Crippen LogP contribution in [0.25, 0.3) is 45.0 Å². The van der Waals surface area contributed by atoms with E-state index in [2.05, 4.69) is 56.3 Å². The molecule has 4 heteroatoms. The Labute approximate surface area is 175 Å². The first-order valence-corrected chi connectivity index (χ1v) is 9.72. The van der Waals surface area contributed by atoms with Gasteiger partial charge in [0.1, 0.15) is 0 Å². The Morgan fingerprint density at radius 2 is 0.667 bits per heavy atom. The van der Waals surface area contributed by atoms with Gasteiger partial charge in [0.05, 0.1) is 5.56 Å². The number of nitrogens with zero attached hydrogens (tertiary/aromatic N) is 4. The summed E-state index contributed by atoms with van der Waals surface area (Å²) in [5.74, 6) is 1.30. The van der Waals surface area contributed by atoms with E-state index in [1.54, 1.807) is 12.4 Å². The summed E-state index contributed by atoms with van der Waals surface area (Å²) in [7, 11) is 0. The fourth-order valence-electron chi connectivity index (χ4n) is 3.29. The molecular weight excluding hydrogens is 368 g/mol. The predicted molar refractivity (Wildman–Crippen MR) is 119 cm³/mol. The van der Waals surface area contributed by atoms with Gasteiger partial charge < -0.3 is 0 Å². The normalized spacial score (nSPS) is 10.7. The summed E-state index contributed by atoms with van der Waals surface area (Å²) in [6, 6.07) is 28.7. The predicted octanol–water partition coefficient (Wildman–Crippen LogP) is 5.93. The molecular formula is C26H18N4. The van der Waals surface area contributed by atoms with Crippen LogP contribution in [0.1, 0.15) is 0 Å². The van der Waals surface area contributed by atoms with Crippen LogP contribution in [-0.2, 0) is 0 Å². The van der Waals surface area contributed by atoms with Crippen LogP contribution in [0.4, 0.5) is 0 Å². The van der Waals surface area contributed by atoms with Crippen LogP contribution in [0.3, 0.4) is 0 Å². The summed E-state index contributed by atoms with van der Waals surface area (Å²) in [5, 5.41) is 0. The maximum Gasteiger partial charge on any atom is 0.162 e. The number of rotatable bonds is 4. The zero-order valence-electron chi connectivity index (χ0n) is 16.2. The SMILES string of the molecule is c1ccc(-c2ccc(-c3cnc(-c4cnc(-c5ccccc5)nc4)nc3)cc2)cc1. The van der Waals surface area contributed by atoms with Crippen molar-refractivity contribution in [3.8, 4) is 45.0 Å². The molecule has 2 aromatic heterocycles. The van der Waals surface area contributed by atoms with Gasteiger partial charge in [-0.2, -0.15) is 0 Å². The van der Waals surface area contributed by atoms with E-state index in [1.165, 1.54) is 11.1 Å². The van der Waals surface area contributed by atoms with E-state index >= 15 is 0 Å². The van der Waals surface area contributed by atoms with E-state index in [9.17, 15) is 0 Å². The van der Waals surface area contributed by atoms with Crippen LogP contribution >= 0.6 is 0 Å². The van der Waals surface area contributed by atoms with Gasteiger partial charge in [0.25, 0.3) is 0 Å². The Hall–Kier alpha value is -4.18. The third kappa shape index (κ3) is 3.71. The molecule has 4 nitrogen and oxygen atoms in total. The van der Waals surface area contributed by atoms with Gasteiger partial charge in [0.2, 0.25) is 0 Å². The van der Waals surface area contributed by atoms with Gasteiger partial charge >= 0.3 is 0 Å². The number of aromatic nitrogens is 4. The molecule has 0 unspecified atom stereocenters. The van der Waals surface area contributed by atoms with Crippen LogP contribution in [0.2, 0.25) is 0 Å². The quantitative estimate of drug-likeness (QED) is 0.384. The highest BCUT2D eigenvalue weighted by molar-refractivity contribution is 5.70. The topological polar surface area (TPSA) is 51.6 Å². The Morgan fingerprint density at radius 1 is 0.300 bits per heavy atom. The van der Waals surface area contributed by atoms with Crippen molar-refractivity contribution in [3.63, 3.8) is 0 Å². The van der Waals surface area contributed by atoms with Crippen molar-refractivity contribution in [1.29, 1.82) is 0 Å². The molecule has 3 aromatic carbocycles. The minimum atomic E-state index is 0.610. The summed E-state index contributed by atoms with van der Waals surface area (Å²) in [6.07, 6.45) is 7.20. The highest BCUT2D eigenvalue weighted by Gasteiger charge is 2.06. The fraction of sp³-hybridized carbons (Fsp3) is 0. The van der Waals surface area contributed by atoms with Crippen molar-refractivity contribution in [1.82, 2.24) is 19.9 Å². The maximum absolute atomic E-state index is 4.52. The summed E-state index contributed by atoms with van der Waals surface area (Å²) in [6.45, 7) is 0. The lowest BCUT2D eigenvalue weighted by Crippen LogP contribution is -1.94. The minimum Gasteiger partial charge on any atom is -0.236 e. The van der Waals surface area contributed by atoms with Crippen LogP contribution in [0.5, 0.6) is 0 Å². The lowest BCUT2D eigenvalue weighted by molar-refractivity contribution is 1.13. The molecule has 0 fully saturated rings. The van der Waals surface area contributed by atoms with E-state index < -0.39 is 0 Å². The Morgan fingerprint density at radius 3 is 1.20 bits per heavy atom. The molecule has 2 heterocycles. The maximum atomic E-state index is 4.52. The molecule has 0 amide bonds. The van der Waals surface area contributed by atoms with E-state index in [0.717, 1.165) is 22.3 Å². The Bertz CT molecular complexity index is 1130. The molecule has 0 saturated heterocycles. The van der Waals surface area contributed by atoms with Gasteiger partial charge in [-0.3, -0.25) is 0 Å². The second-order valence-corrected chi connectivity index (χ2v) is 6.90. The van der Waals surface area contributed by atoms with Gasteiger partial charge in [-0.05, 0) is 16.7 Å². The molecule has 5 rings (SSSR count). The molecule has 0 radical (unpaired) electrons. The second-order valence-electron chi connectivity index (χ2n) is 6.90. The van der Waals surface area contributed by atoms with Crippen molar-refractivity contribution in [2.45, 2.75) is 0 Å². The molecule has 0 spiro atoms. The highest BCUT2D eigenvalue weighted by Crippen LogP contribution is 2.25. The number of benzene rings is 3. The lowest BCUT2D eigenvalue weighted by atomic mass is 10.0. The first kappa shape index (κ1) is 17.9. The van der Waals surface area contributed by atoms with Crippen molar-refractivity contribution in [2.75, 3.05) is 0 Å². The fourth-order valence-corrected chi connectivity index (χ4v) is 3.29. The van der Waals surface area contributed by atoms with Gasteiger partial charge in [-0.25, -0.2) is 19.9 Å². The molecule has 30 heavy (non-hydrogen) atoms. The highest BCUT2D eigenvalue weighted by atomic mass is 14.9. The third-order valence-corrected chi connectivity index (χ3v) is 4.92. The molecule has 0 aliphatic heterocycles. The molecule has 0 aliphatic carbocycles. The minimum absolute atomic E-state index is 0.610. The number of hydrogen-bond acceptors (Lipinski definition) is 4. The Balaban J connectivity index is 1.35. The van der Waals surface area contributed by atoms with Crippen molar-refractivity contribution in [3.05, 3.63) is 110 Å². The standard InChI is InChI=1S/C26H18N4/c1-3-7-19(8-4-1)20-11-13-21(14-12-20)23-15-27-26(28-16-23)24-17-29-25(30-18-24)22-9-5-2-6-10-22/h1-18H. The van der Waals surface area contributed by atoms with Crippen LogP contribution in [0.15, 0.2) is 110 Å². The molecule has 0 bridgehead atoms. The molecule has 142 valence electrons. The van der Waals surface area contributed by atoms with Crippen molar-refractivity contribution >= 4 is 0 Å². The first-order valence-electron chi connectivity index (χ1n) is 9.72. The van der Waals surface area contributed by atoms with E-state index in [0.29, 0.717) is 11.6 Å².